The molecule has 0 unspecified atom stereocenters. The lowest BCUT2D eigenvalue weighted by molar-refractivity contribution is -0.684. The molecule has 1 amide bonds. The zero-order valence-corrected chi connectivity index (χ0v) is 15.7. The molecule has 0 aliphatic heterocycles. The summed E-state index contributed by atoms with van der Waals surface area (Å²) in [6.07, 6.45) is 6.11. The average molecular weight is 355 g/mol. The van der Waals surface area contributed by atoms with Crippen molar-refractivity contribution < 1.29 is 18.9 Å². The lowest BCUT2D eigenvalue weighted by Gasteiger charge is -2.11. The Bertz CT molecular complexity index is 720. The molecule has 0 aliphatic rings. The van der Waals surface area contributed by atoms with Crippen molar-refractivity contribution in [2.75, 3.05) is 11.9 Å². The largest absolute Gasteiger partial charge is 0.462 e. The molecule has 0 atom stereocenters. The van der Waals surface area contributed by atoms with Crippen LogP contribution >= 0.6 is 0 Å². The Morgan fingerprint density at radius 2 is 1.62 bits per heavy atom. The molecule has 0 fully saturated rings. The van der Waals surface area contributed by atoms with E-state index in [0.29, 0.717) is 23.8 Å². The van der Waals surface area contributed by atoms with Crippen LogP contribution in [0.2, 0.25) is 0 Å². The minimum atomic E-state index is -0.363. The van der Waals surface area contributed by atoms with Gasteiger partial charge in [0.25, 0.3) is 5.91 Å². The van der Waals surface area contributed by atoms with Gasteiger partial charge in [0.2, 0.25) is 6.54 Å². The molecule has 1 aromatic carbocycles. The van der Waals surface area contributed by atoms with Crippen LogP contribution in [0.25, 0.3) is 0 Å². The number of carbonyl (C=O) groups excluding carboxylic acids is 2. The number of esters is 1. The van der Waals surface area contributed by atoms with Crippen molar-refractivity contribution >= 4 is 17.6 Å². The van der Waals surface area contributed by atoms with Crippen molar-refractivity contribution in [3.63, 3.8) is 0 Å². The normalized spacial score (nSPS) is 10.6. The molecule has 2 aromatic rings. The van der Waals surface area contributed by atoms with Gasteiger partial charge in [-0.15, -0.1) is 0 Å². The Morgan fingerprint density at radius 3 is 2.15 bits per heavy atom. The number of nitrogens with zero attached hydrogens (tertiary/aromatic N) is 1. The number of benzene rings is 1. The predicted molar refractivity (Wildman–Crippen MR) is 101 cm³/mol. The van der Waals surface area contributed by atoms with Gasteiger partial charge in [-0.2, -0.15) is 4.57 Å². The number of pyridine rings is 1. The third-order valence-corrected chi connectivity index (χ3v) is 4.38. The van der Waals surface area contributed by atoms with E-state index < -0.39 is 0 Å². The third-order valence-electron chi connectivity index (χ3n) is 4.38. The summed E-state index contributed by atoms with van der Waals surface area (Å²) in [4.78, 5) is 23.8. The van der Waals surface area contributed by atoms with Gasteiger partial charge in [0, 0.05) is 17.8 Å². The maximum absolute atomic E-state index is 12.2. The summed E-state index contributed by atoms with van der Waals surface area (Å²) in [6, 6.07) is 10.9. The summed E-state index contributed by atoms with van der Waals surface area (Å²) in [5.74, 6) is 0.0871. The molecule has 0 radical (unpaired) electrons. The summed E-state index contributed by atoms with van der Waals surface area (Å²) < 4.78 is 6.80. The number of rotatable bonds is 8. The number of ether oxygens (including phenoxy) is 1. The fraction of sp³-hybridized carbons (Fsp3) is 0.381. The highest BCUT2D eigenvalue weighted by atomic mass is 16.5. The number of carbonyl (C=O) groups is 2. The zero-order valence-electron chi connectivity index (χ0n) is 15.7. The molecular weight excluding hydrogens is 328 g/mol. The minimum absolute atomic E-state index is 0.117. The van der Waals surface area contributed by atoms with Crippen LogP contribution in [0.4, 0.5) is 5.69 Å². The Labute approximate surface area is 155 Å². The Kier molecular flexibility index (Phi) is 7.33. The highest BCUT2D eigenvalue weighted by Crippen LogP contribution is 2.21. The van der Waals surface area contributed by atoms with Crippen molar-refractivity contribution in [2.24, 2.45) is 0 Å². The van der Waals surface area contributed by atoms with Crippen LogP contribution < -0.4 is 9.88 Å². The van der Waals surface area contributed by atoms with Crippen molar-refractivity contribution in [3.8, 4) is 0 Å². The van der Waals surface area contributed by atoms with Crippen LogP contribution in [0.1, 0.15) is 55.5 Å². The first-order chi connectivity index (χ1) is 12.6. The summed E-state index contributed by atoms with van der Waals surface area (Å²) in [5.41, 5.74) is 2.43. The van der Waals surface area contributed by atoms with Crippen LogP contribution in [0.3, 0.4) is 0 Å². The van der Waals surface area contributed by atoms with Crippen molar-refractivity contribution in [3.05, 3.63) is 59.9 Å². The van der Waals surface area contributed by atoms with E-state index in [9.17, 15) is 9.59 Å². The molecule has 1 heterocycles. The quantitative estimate of drug-likeness (QED) is 0.580. The van der Waals surface area contributed by atoms with E-state index in [1.54, 1.807) is 31.2 Å². The van der Waals surface area contributed by atoms with Crippen LogP contribution in [-0.4, -0.2) is 18.5 Å². The summed E-state index contributed by atoms with van der Waals surface area (Å²) >= 11 is 0. The Morgan fingerprint density at radius 1 is 1.00 bits per heavy atom. The molecule has 0 bridgehead atoms. The van der Waals surface area contributed by atoms with E-state index >= 15 is 0 Å². The standard InChI is InChI=1S/C21H26N2O3/c1-4-16(5-2)17-11-13-23(14-12-17)15-20(24)22-19-9-7-18(8-10-19)21(25)26-6-3/h7-14,16H,4-6,15H2,1-3H3/p+1. The predicted octanol–water partition coefficient (Wildman–Crippen LogP) is 3.69. The van der Waals surface area contributed by atoms with E-state index in [-0.39, 0.29) is 18.4 Å². The lowest BCUT2D eigenvalue weighted by Crippen LogP contribution is -2.39. The van der Waals surface area contributed by atoms with Gasteiger partial charge in [0.1, 0.15) is 0 Å². The summed E-state index contributed by atoms with van der Waals surface area (Å²) in [6.45, 7) is 6.72. The molecule has 0 aliphatic carbocycles. The Hall–Kier alpha value is -2.69. The zero-order chi connectivity index (χ0) is 18.9. The second kappa shape index (κ2) is 9.70. The first-order valence-corrected chi connectivity index (χ1v) is 9.13. The van der Waals surface area contributed by atoms with Crippen LogP contribution in [-0.2, 0) is 16.1 Å². The maximum atomic E-state index is 12.2. The van der Waals surface area contributed by atoms with E-state index in [2.05, 4.69) is 31.3 Å². The number of hydrogen-bond donors (Lipinski definition) is 1. The molecule has 26 heavy (non-hydrogen) atoms. The minimum Gasteiger partial charge on any atom is -0.462 e. The summed E-state index contributed by atoms with van der Waals surface area (Å²) in [7, 11) is 0. The molecule has 138 valence electrons. The molecule has 1 N–H and O–H groups in total. The smallest absolute Gasteiger partial charge is 0.338 e. The van der Waals surface area contributed by atoms with Gasteiger partial charge < -0.3 is 10.1 Å². The number of nitrogens with one attached hydrogen (secondary N) is 1. The van der Waals surface area contributed by atoms with Gasteiger partial charge in [0.05, 0.1) is 12.2 Å². The van der Waals surface area contributed by atoms with E-state index in [0.717, 1.165) is 12.8 Å². The van der Waals surface area contributed by atoms with Gasteiger partial charge in [0.15, 0.2) is 12.4 Å². The molecule has 5 heteroatoms. The molecular formula is C21H27N2O3+. The number of amides is 1. The highest BCUT2D eigenvalue weighted by Gasteiger charge is 2.13. The topological polar surface area (TPSA) is 59.3 Å². The SMILES string of the molecule is CCOC(=O)c1ccc(NC(=O)C[n+]2ccc(C(CC)CC)cc2)cc1. The first kappa shape index (κ1) is 19.6. The molecule has 2 rings (SSSR count). The van der Waals surface area contributed by atoms with Gasteiger partial charge in [-0.05, 0) is 55.5 Å². The molecule has 0 saturated heterocycles. The fourth-order valence-corrected chi connectivity index (χ4v) is 2.88. The fourth-order valence-electron chi connectivity index (χ4n) is 2.88. The molecule has 0 spiro atoms. The molecule has 1 aromatic heterocycles. The van der Waals surface area contributed by atoms with E-state index in [1.807, 2.05) is 17.0 Å². The van der Waals surface area contributed by atoms with E-state index in [1.165, 1.54) is 5.56 Å². The van der Waals surface area contributed by atoms with Crippen LogP contribution in [0, 0.1) is 0 Å². The summed E-state index contributed by atoms with van der Waals surface area (Å²) in [5, 5.41) is 2.84. The average Bonchev–Trinajstić information content (AvgIpc) is 2.65. The maximum Gasteiger partial charge on any atom is 0.338 e. The van der Waals surface area contributed by atoms with Crippen molar-refractivity contribution in [1.82, 2.24) is 0 Å². The van der Waals surface area contributed by atoms with Gasteiger partial charge >= 0.3 is 5.97 Å². The highest BCUT2D eigenvalue weighted by molar-refractivity contribution is 5.92. The molecule has 0 saturated carbocycles. The van der Waals surface area contributed by atoms with Gasteiger partial charge in [-0.1, -0.05) is 13.8 Å². The second-order valence-corrected chi connectivity index (χ2v) is 6.16. The van der Waals surface area contributed by atoms with E-state index in [4.69, 9.17) is 4.74 Å². The van der Waals surface area contributed by atoms with Crippen molar-refractivity contribution in [2.45, 2.75) is 46.1 Å². The number of anilines is 1. The first-order valence-electron chi connectivity index (χ1n) is 9.13. The number of hydrogen-bond acceptors (Lipinski definition) is 3. The third kappa shape index (κ3) is 5.41. The van der Waals surface area contributed by atoms with Crippen LogP contribution in [0.5, 0.6) is 0 Å². The monoisotopic (exact) mass is 355 g/mol. The van der Waals surface area contributed by atoms with Crippen LogP contribution in [0.15, 0.2) is 48.8 Å². The second-order valence-electron chi connectivity index (χ2n) is 6.16. The molecule has 5 nitrogen and oxygen atoms in total. The van der Waals surface area contributed by atoms with Gasteiger partial charge in [-0.3, -0.25) is 4.79 Å². The van der Waals surface area contributed by atoms with Crippen molar-refractivity contribution in [1.29, 1.82) is 0 Å². The number of aromatic nitrogens is 1. The van der Waals surface area contributed by atoms with Gasteiger partial charge in [-0.25, -0.2) is 4.79 Å². The lowest BCUT2D eigenvalue weighted by atomic mass is 9.95. The Balaban J connectivity index is 1.93.